The van der Waals surface area contributed by atoms with Crippen molar-refractivity contribution in [3.05, 3.63) is 23.8 Å². The molecule has 0 fully saturated rings. The van der Waals surface area contributed by atoms with Crippen molar-refractivity contribution < 1.29 is 0 Å². The van der Waals surface area contributed by atoms with E-state index in [0.29, 0.717) is 5.92 Å². The van der Waals surface area contributed by atoms with Gasteiger partial charge in [0.05, 0.1) is 6.07 Å². The second kappa shape index (κ2) is 3.15. The number of hydrogen-bond donors (Lipinski definition) is 0. The van der Waals surface area contributed by atoms with Gasteiger partial charge in [-0.3, -0.25) is 0 Å². The van der Waals surface area contributed by atoms with Crippen LogP contribution in [0.25, 0.3) is 0 Å². The maximum Gasteiger partial charge on any atom is 0.0988 e. The Balaban J connectivity index is 2.92. The van der Waals surface area contributed by atoms with Gasteiger partial charge in [0, 0.05) is 5.57 Å². The zero-order valence-electron chi connectivity index (χ0n) is 7.96. The van der Waals surface area contributed by atoms with E-state index < -0.39 is 0 Å². The van der Waals surface area contributed by atoms with Crippen LogP contribution in [0.4, 0.5) is 0 Å². The maximum atomic E-state index is 8.74. The molecular formula is C11H15N. The Kier molecular flexibility index (Phi) is 2.38. The molecule has 0 N–H and O–H groups in total. The topological polar surface area (TPSA) is 23.8 Å². The van der Waals surface area contributed by atoms with E-state index in [4.69, 9.17) is 5.26 Å². The highest BCUT2D eigenvalue weighted by molar-refractivity contribution is 5.37. The monoisotopic (exact) mass is 161 g/mol. The van der Waals surface area contributed by atoms with Gasteiger partial charge in [-0.05, 0) is 23.8 Å². The highest BCUT2D eigenvalue weighted by Gasteiger charge is 2.26. The standard InChI is InChI=1S/C11H15N/c1-9(2)11(3)6-4-5-10(7-11)8-12/h4-5,7,9H,6H2,1-3H3. The van der Waals surface area contributed by atoms with Gasteiger partial charge in [0.2, 0.25) is 0 Å². The molecule has 0 heterocycles. The normalized spacial score (nSPS) is 28.4. The average Bonchev–Trinajstić information content (AvgIpc) is 2.04. The van der Waals surface area contributed by atoms with E-state index in [1.165, 1.54) is 0 Å². The van der Waals surface area contributed by atoms with E-state index in [-0.39, 0.29) is 5.41 Å². The van der Waals surface area contributed by atoms with Crippen LogP contribution in [0.2, 0.25) is 0 Å². The molecule has 0 spiro atoms. The number of nitriles is 1. The summed E-state index contributed by atoms with van der Waals surface area (Å²) < 4.78 is 0. The number of allylic oxidation sites excluding steroid dienone is 4. The molecule has 1 aliphatic rings. The summed E-state index contributed by atoms with van der Waals surface area (Å²) in [5.41, 5.74) is 0.984. The molecule has 0 radical (unpaired) electrons. The number of rotatable bonds is 1. The molecule has 1 aliphatic carbocycles. The first-order valence-electron chi connectivity index (χ1n) is 4.38. The van der Waals surface area contributed by atoms with Crippen LogP contribution >= 0.6 is 0 Å². The molecular weight excluding hydrogens is 146 g/mol. The third-order valence-corrected chi connectivity index (χ3v) is 2.79. The molecule has 64 valence electrons. The smallest absolute Gasteiger partial charge is 0.0988 e. The molecule has 0 aromatic carbocycles. The third kappa shape index (κ3) is 1.58. The van der Waals surface area contributed by atoms with Gasteiger partial charge >= 0.3 is 0 Å². The van der Waals surface area contributed by atoms with E-state index in [1.807, 2.05) is 6.08 Å². The molecule has 1 rings (SSSR count). The van der Waals surface area contributed by atoms with Gasteiger partial charge in [-0.2, -0.15) is 5.26 Å². The quantitative estimate of drug-likeness (QED) is 0.579. The zero-order valence-corrected chi connectivity index (χ0v) is 7.96. The van der Waals surface area contributed by atoms with Crippen molar-refractivity contribution in [1.82, 2.24) is 0 Å². The Morgan fingerprint density at radius 3 is 2.75 bits per heavy atom. The predicted molar refractivity (Wildman–Crippen MR) is 50.4 cm³/mol. The molecule has 0 aliphatic heterocycles. The fraction of sp³-hybridized carbons (Fsp3) is 0.545. The van der Waals surface area contributed by atoms with Gasteiger partial charge in [-0.1, -0.05) is 32.9 Å². The van der Waals surface area contributed by atoms with Crippen LogP contribution in [0.3, 0.4) is 0 Å². The first kappa shape index (κ1) is 9.06. The molecule has 0 saturated carbocycles. The third-order valence-electron chi connectivity index (χ3n) is 2.79. The lowest BCUT2D eigenvalue weighted by Crippen LogP contribution is -2.22. The van der Waals surface area contributed by atoms with E-state index in [0.717, 1.165) is 12.0 Å². The van der Waals surface area contributed by atoms with E-state index in [1.54, 1.807) is 0 Å². The summed E-state index contributed by atoms with van der Waals surface area (Å²) in [5, 5.41) is 8.74. The molecule has 0 saturated heterocycles. The molecule has 1 nitrogen and oxygen atoms in total. The lowest BCUT2D eigenvalue weighted by molar-refractivity contribution is 0.298. The highest BCUT2D eigenvalue weighted by Crippen LogP contribution is 2.36. The Morgan fingerprint density at radius 2 is 2.25 bits per heavy atom. The van der Waals surface area contributed by atoms with Crippen molar-refractivity contribution in [2.75, 3.05) is 0 Å². The molecule has 0 aromatic rings. The van der Waals surface area contributed by atoms with Crippen LogP contribution in [0.5, 0.6) is 0 Å². The van der Waals surface area contributed by atoms with E-state index >= 15 is 0 Å². The minimum absolute atomic E-state index is 0.180. The molecule has 1 heteroatoms. The minimum atomic E-state index is 0.180. The van der Waals surface area contributed by atoms with Crippen molar-refractivity contribution in [3.8, 4) is 6.07 Å². The summed E-state index contributed by atoms with van der Waals surface area (Å²) in [6, 6.07) is 2.19. The number of nitrogens with zero attached hydrogens (tertiary/aromatic N) is 1. The van der Waals surface area contributed by atoms with E-state index in [2.05, 4.69) is 39.0 Å². The van der Waals surface area contributed by atoms with Gasteiger partial charge in [0.1, 0.15) is 0 Å². The Labute approximate surface area is 74.4 Å². The first-order valence-corrected chi connectivity index (χ1v) is 4.38. The van der Waals surface area contributed by atoms with Crippen LogP contribution in [0.1, 0.15) is 27.2 Å². The van der Waals surface area contributed by atoms with Crippen molar-refractivity contribution in [1.29, 1.82) is 5.26 Å². The number of hydrogen-bond acceptors (Lipinski definition) is 1. The highest BCUT2D eigenvalue weighted by atomic mass is 14.3. The van der Waals surface area contributed by atoms with Crippen molar-refractivity contribution in [3.63, 3.8) is 0 Å². The Bertz CT molecular complexity index is 265. The maximum absolute atomic E-state index is 8.74. The van der Waals surface area contributed by atoms with Gasteiger partial charge in [-0.15, -0.1) is 0 Å². The molecule has 12 heavy (non-hydrogen) atoms. The van der Waals surface area contributed by atoms with Crippen molar-refractivity contribution in [2.45, 2.75) is 27.2 Å². The van der Waals surface area contributed by atoms with Gasteiger partial charge in [-0.25, -0.2) is 0 Å². The Morgan fingerprint density at radius 1 is 1.58 bits per heavy atom. The van der Waals surface area contributed by atoms with Gasteiger partial charge < -0.3 is 0 Å². The summed E-state index contributed by atoms with van der Waals surface area (Å²) in [6.45, 7) is 6.60. The van der Waals surface area contributed by atoms with Crippen LogP contribution in [-0.2, 0) is 0 Å². The van der Waals surface area contributed by atoms with Crippen LogP contribution in [0.15, 0.2) is 23.8 Å². The summed E-state index contributed by atoms with van der Waals surface area (Å²) in [7, 11) is 0. The summed E-state index contributed by atoms with van der Waals surface area (Å²) >= 11 is 0. The second-order valence-electron chi connectivity index (χ2n) is 3.98. The molecule has 0 bridgehead atoms. The predicted octanol–water partition coefficient (Wildman–Crippen LogP) is 3.06. The van der Waals surface area contributed by atoms with Gasteiger partial charge in [0.15, 0.2) is 0 Å². The first-order chi connectivity index (χ1) is 5.58. The summed E-state index contributed by atoms with van der Waals surface area (Å²) in [6.07, 6.45) is 7.15. The zero-order chi connectivity index (χ0) is 9.19. The molecule has 0 aromatic heterocycles. The minimum Gasteiger partial charge on any atom is -0.192 e. The summed E-state index contributed by atoms with van der Waals surface area (Å²) in [5.74, 6) is 0.589. The fourth-order valence-electron chi connectivity index (χ4n) is 1.37. The second-order valence-corrected chi connectivity index (χ2v) is 3.98. The van der Waals surface area contributed by atoms with E-state index in [9.17, 15) is 0 Å². The average molecular weight is 161 g/mol. The van der Waals surface area contributed by atoms with Crippen LogP contribution < -0.4 is 0 Å². The fourth-order valence-corrected chi connectivity index (χ4v) is 1.37. The molecule has 0 amide bonds. The summed E-state index contributed by atoms with van der Waals surface area (Å²) in [4.78, 5) is 0. The lowest BCUT2D eigenvalue weighted by Gasteiger charge is -2.31. The molecule has 1 atom stereocenters. The van der Waals surface area contributed by atoms with Crippen LogP contribution in [-0.4, -0.2) is 0 Å². The van der Waals surface area contributed by atoms with Gasteiger partial charge in [0.25, 0.3) is 0 Å². The lowest BCUT2D eigenvalue weighted by atomic mass is 9.73. The Hall–Kier alpha value is -1.03. The molecule has 1 unspecified atom stereocenters. The SMILES string of the molecule is CC(C)C1(C)C=C(C#N)C=CC1. The van der Waals surface area contributed by atoms with Crippen molar-refractivity contribution in [2.24, 2.45) is 11.3 Å². The largest absolute Gasteiger partial charge is 0.192 e. The van der Waals surface area contributed by atoms with Crippen molar-refractivity contribution >= 4 is 0 Å². The van der Waals surface area contributed by atoms with Crippen LogP contribution in [0, 0.1) is 22.7 Å².